The number of hydrogen-bond acceptors (Lipinski definition) is 5. The van der Waals surface area contributed by atoms with Gasteiger partial charge in [-0.3, -0.25) is 19.7 Å². The van der Waals surface area contributed by atoms with Gasteiger partial charge in [-0.2, -0.15) is 0 Å². The summed E-state index contributed by atoms with van der Waals surface area (Å²) in [5, 5.41) is 5.86. The largest absolute Gasteiger partial charge is 0.330 e. The number of nitrogens with zero attached hydrogens (tertiary/aromatic N) is 1. The van der Waals surface area contributed by atoms with Crippen molar-refractivity contribution < 1.29 is 14.4 Å². The SMILES string of the molecule is NC[C@@H]1CC[C@@H]1NCc1cccc2c1C(=O)N(C1CCC(=O)NC1=O)C2. The van der Waals surface area contributed by atoms with Crippen molar-refractivity contribution in [3.05, 3.63) is 34.9 Å². The van der Waals surface area contributed by atoms with Gasteiger partial charge in [-0.15, -0.1) is 0 Å². The highest BCUT2D eigenvalue weighted by Gasteiger charge is 2.40. The van der Waals surface area contributed by atoms with Crippen molar-refractivity contribution in [2.24, 2.45) is 11.7 Å². The van der Waals surface area contributed by atoms with E-state index in [0.717, 1.165) is 24.0 Å². The molecule has 1 aromatic carbocycles. The van der Waals surface area contributed by atoms with Crippen molar-refractivity contribution in [3.8, 4) is 0 Å². The van der Waals surface area contributed by atoms with E-state index in [4.69, 9.17) is 5.73 Å². The number of piperidine rings is 1. The third-order valence-corrected chi connectivity index (χ3v) is 5.91. The summed E-state index contributed by atoms with van der Waals surface area (Å²) in [5.41, 5.74) is 8.38. The van der Waals surface area contributed by atoms with Crippen LogP contribution in [0.4, 0.5) is 0 Å². The molecule has 3 aliphatic rings. The van der Waals surface area contributed by atoms with Gasteiger partial charge in [-0.25, -0.2) is 0 Å². The summed E-state index contributed by atoms with van der Waals surface area (Å²) >= 11 is 0. The van der Waals surface area contributed by atoms with Crippen molar-refractivity contribution in [2.45, 2.75) is 50.9 Å². The number of rotatable bonds is 5. The molecule has 0 spiro atoms. The first-order valence-electron chi connectivity index (χ1n) is 9.27. The molecule has 4 N–H and O–H groups in total. The summed E-state index contributed by atoms with van der Waals surface area (Å²) in [4.78, 5) is 38.1. The van der Waals surface area contributed by atoms with E-state index in [9.17, 15) is 14.4 Å². The number of amides is 3. The zero-order valence-electron chi connectivity index (χ0n) is 14.7. The van der Waals surface area contributed by atoms with Crippen LogP contribution in [-0.2, 0) is 22.7 Å². The van der Waals surface area contributed by atoms with Crippen LogP contribution in [-0.4, -0.2) is 41.2 Å². The van der Waals surface area contributed by atoms with Crippen molar-refractivity contribution >= 4 is 17.7 Å². The second-order valence-corrected chi connectivity index (χ2v) is 7.41. The summed E-state index contributed by atoms with van der Waals surface area (Å²) in [5.74, 6) is -0.240. The third kappa shape index (κ3) is 2.91. The molecular weight excluding hydrogens is 332 g/mol. The third-order valence-electron chi connectivity index (χ3n) is 5.91. The zero-order valence-corrected chi connectivity index (χ0v) is 14.7. The van der Waals surface area contributed by atoms with Gasteiger partial charge in [0.25, 0.3) is 5.91 Å². The molecule has 3 atom stereocenters. The van der Waals surface area contributed by atoms with Crippen molar-refractivity contribution in [1.82, 2.24) is 15.5 Å². The summed E-state index contributed by atoms with van der Waals surface area (Å²) in [7, 11) is 0. The van der Waals surface area contributed by atoms with E-state index in [1.165, 1.54) is 0 Å². The topological polar surface area (TPSA) is 105 Å². The Labute approximate surface area is 152 Å². The Kier molecular flexibility index (Phi) is 4.50. The molecular formula is C19H24N4O3. The summed E-state index contributed by atoms with van der Waals surface area (Å²) in [6, 6.07) is 5.71. The van der Waals surface area contributed by atoms with E-state index in [2.05, 4.69) is 10.6 Å². The second-order valence-electron chi connectivity index (χ2n) is 7.41. The number of hydrogen-bond donors (Lipinski definition) is 3. The van der Waals surface area contributed by atoms with Gasteiger partial charge in [0.2, 0.25) is 11.8 Å². The monoisotopic (exact) mass is 356 g/mol. The average molecular weight is 356 g/mol. The predicted molar refractivity (Wildman–Crippen MR) is 94.9 cm³/mol. The minimum atomic E-state index is -0.568. The van der Waals surface area contributed by atoms with Gasteiger partial charge in [0, 0.05) is 31.1 Å². The molecule has 1 saturated heterocycles. The number of nitrogens with two attached hydrogens (primary N) is 1. The Balaban J connectivity index is 1.49. The molecule has 1 saturated carbocycles. The first-order chi connectivity index (χ1) is 12.6. The van der Waals surface area contributed by atoms with Crippen LogP contribution in [0.5, 0.6) is 0 Å². The molecule has 1 unspecified atom stereocenters. The Morgan fingerprint density at radius 1 is 1.19 bits per heavy atom. The van der Waals surface area contributed by atoms with E-state index in [1.54, 1.807) is 4.90 Å². The van der Waals surface area contributed by atoms with Crippen LogP contribution < -0.4 is 16.4 Å². The van der Waals surface area contributed by atoms with Crippen molar-refractivity contribution in [2.75, 3.05) is 6.54 Å². The molecule has 0 aromatic heterocycles. The Hall–Kier alpha value is -2.25. The number of fused-ring (bicyclic) bond motifs is 1. The van der Waals surface area contributed by atoms with Gasteiger partial charge in [0.1, 0.15) is 6.04 Å². The molecule has 0 radical (unpaired) electrons. The highest BCUT2D eigenvalue weighted by molar-refractivity contribution is 6.05. The zero-order chi connectivity index (χ0) is 18.3. The lowest BCUT2D eigenvalue weighted by atomic mass is 9.79. The molecule has 2 aliphatic heterocycles. The number of carbonyl (C=O) groups excluding carboxylic acids is 3. The lowest BCUT2D eigenvalue weighted by Crippen LogP contribution is -2.52. The lowest BCUT2D eigenvalue weighted by molar-refractivity contribution is -0.136. The van der Waals surface area contributed by atoms with Gasteiger partial charge in [0.05, 0.1) is 0 Å². The van der Waals surface area contributed by atoms with Gasteiger partial charge in [-0.05, 0) is 42.9 Å². The van der Waals surface area contributed by atoms with Crippen LogP contribution in [0.25, 0.3) is 0 Å². The molecule has 4 rings (SSSR count). The molecule has 0 bridgehead atoms. The average Bonchev–Trinajstić information content (AvgIpc) is 2.92. The van der Waals surface area contributed by atoms with E-state index in [0.29, 0.717) is 43.6 Å². The molecule has 7 heteroatoms. The van der Waals surface area contributed by atoms with Gasteiger partial charge >= 0.3 is 0 Å². The van der Waals surface area contributed by atoms with Crippen molar-refractivity contribution in [1.29, 1.82) is 0 Å². The lowest BCUT2D eigenvalue weighted by Gasteiger charge is -2.36. The fourth-order valence-electron chi connectivity index (χ4n) is 4.20. The van der Waals surface area contributed by atoms with Gasteiger partial charge in [-0.1, -0.05) is 18.2 Å². The molecule has 138 valence electrons. The highest BCUT2D eigenvalue weighted by atomic mass is 16.2. The number of carbonyl (C=O) groups is 3. The maximum absolute atomic E-state index is 13.0. The van der Waals surface area contributed by atoms with Gasteiger partial charge in [0.15, 0.2) is 0 Å². The van der Waals surface area contributed by atoms with Crippen LogP contribution >= 0.6 is 0 Å². The van der Waals surface area contributed by atoms with E-state index in [1.807, 2.05) is 18.2 Å². The van der Waals surface area contributed by atoms with Crippen LogP contribution in [0.15, 0.2) is 18.2 Å². The number of nitrogens with one attached hydrogen (secondary N) is 2. The summed E-state index contributed by atoms with van der Waals surface area (Å²) < 4.78 is 0. The molecule has 1 aromatic rings. The number of benzene rings is 1. The van der Waals surface area contributed by atoms with Crippen LogP contribution in [0, 0.1) is 5.92 Å². The molecule has 2 fully saturated rings. The van der Waals surface area contributed by atoms with Crippen molar-refractivity contribution in [3.63, 3.8) is 0 Å². The van der Waals surface area contributed by atoms with Crippen LogP contribution in [0.2, 0.25) is 0 Å². The minimum absolute atomic E-state index is 0.115. The summed E-state index contributed by atoms with van der Waals surface area (Å²) in [6.07, 6.45) is 2.93. The molecule has 26 heavy (non-hydrogen) atoms. The first-order valence-corrected chi connectivity index (χ1v) is 9.27. The van der Waals surface area contributed by atoms with Crippen LogP contribution in [0.3, 0.4) is 0 Å². The molecule has 2 heterocycles. The highest BCUT2D eigenvalue weighted by Crippen LogP contribution is 2.31. The smallest absolute Gasteiger partial charge is 0.255 e. The normalized spacial score (nSPS) is 28.0. The van der Waals surface area contributed by atoms with E-state index in [-0.39, 0.29) is 24.1 Å². The van der Waals surface area contributed by atoms with Crippen LogP contribution in [0.1, 0.15) is 47.2 Å². The quantitative estimate of drug-likeness (QED) is 0.657. The first kappa shape index (κ1) is 17.2. The summed E-state index contributed by atoms with van der Waals surface area (Å²) in [6.45, 7) is 1.73. The Morgan fingerprint density at radius 2 is 2.04 bits per heavy atom. The van der Waals surface area contributed by atoms with E-state index >= 15 is 0 Å². The standard InChI is InChI=1S/C19H24N4O3/c20-8-11-4-5-14(11)21-9-12-2-1-3-13-10-23(19(26)17(12)13)15-6-7-16(24)22-18(15)25/h1-3,11,14-15,21H,4-10,20H2,(H,22,24,25)/t11-,14-,15?/m0/s1. The maximum Gasteiger partial charge on any atom is 0.255 e. The molecule has 7 nitrogen and oxygen atoms in total. The second kappa shape index (κ2) is 6.81. The fourth-order valence-corrected chi connectivity index (χ4v) is 4.20. The molecule has 3 amide bonds. The number of imide groups is 1. The predicted octanol–water partition coefficient (Wildman–Crippen LogP) is 0.275. The Morgan fingerprint density at radius 3 is 2.73 bits per heavy atom. The molecule has 1 aliphatic carbocycles. The fraction of sp³-hybridized carbons (Fsp3) is 0.526. The van der Waals surface area contributed by atoms with Gasteiger partial charge < -0.3 is 16.0 Å². The Bertz CT molecular complexity index is 761. The van der Waals surface area contributed by atoms with E-state index < -0.39 is 6.04 Å². The minimum Gasteiger partial charge on any atom is -0.330 e. The maximum atomic E-state index is 13.0.